The first-order valence-corrected chi connectivity index (χ1v) is 17.9. The van der Waals surface area contributed by atoms with Gasteiger partial charge in [0, 0.05) is 37.8 Å². The van der Waals surface area contributed by atoms with Gasteiger partial charge in [0.2, 0.25) is 0 Å². The Labute approximate surface area is 301 Å². The number of benzene rings is 4. The fourth-order valence-corrected chi connectivity index (χ4v) is 6.70. The van der Waals surface area contributed by atoms with Gasteiger partial charge in [0.05, 0.1) is 37.0 Å². The zero-order chi connectivity index (χ0) is 35.6. The van der Waals surface area contributed by atoms with Crippen molar-refractivity contribution in [3.05, 3.63) is 111 Å². The Morgan fingerprint density at radius 1 is 0.800 bits per heavy atom. The van der Waals surface area contributed by atoms with E-state index in [-0.39, 0.29) is 19.3 Å². The van der Waals surface area contributed by atoms with E-state index in [0.717, 1.165) is 88.3 Å². The zero-order valence-electron chi connectivity index (χ0n) is 29.7. The minimum absolute atomic E-state index is 0.190. The van der Waals surface area contributed by atoms with E-state index in [9.17, 15) is 15.3 Å². The first kappa shape index (κ1) is 37.6. The normalized spacial score (nSPS) is 14.8. The fourth-order valence-electron chi connectivity index (χ4n) is 6.46. The third-order valence-corrected chi connectivity index (χ3v) is 9.98. The van der Waals surface area contributed by atoms with Crippen LogP contribution in [0.25, 0.3) is 11.1 Å². The molecule has 0 radical (unpaired) electrons. The lowest BCUT2D eigenvalue weighted by atomic mass is 9.93. The molecule has 0 spiro atoms. The van der Waals surface area contributed by atoms with Gasteiger partial charge < -0.3 is 39.7 Å². The van der Waals surface area contributed by atoms with Crippen LogP contribution in [0.5, 0.6) is 17.2 Å². The van der Waals surface area contributed by atoms with Crippen molar-refractivity contribution in [2.75, 3.05) is 39.5 Å². The molecule has 4 N–H and O–H groups in total. The van der Waals surface area contributed by atoms with E-state index in [1.807, 2.05) is 36.4 Å². The van der Waals surface area contributed by atoms with Crippen molar-refractivity contribution in [2.45, 2.75) is 72.4 Å². The van der Waals surface area contributed by atoms with Gasteiger partial charge in [-0.25, -0.2) is 0 Å². The highest BCUT2D eigenvalue weighted by molar-refractivity contribution is 6.32. The Bertz CT molecular complexity index is 1710. The molecular formula is C41H51ClN2O6. The number of ether oxygens (including phenoxy) is 3. The predicted octanol–water partition coefficient (Wildman–Crippen LogP) is 6.68. The van der Waals surface area contributed by atoms with Crippen LogP contribution in [-0.4, -0.2) is 71.8 Å². The van der Waals surface area contributed by atoms with Crippen LogP contribution in [0.3, 0.4) is 0 Å². The Kier molecular flexibility index (Phi) is 13.6. The molecule has 4 aromatic rings. The van der Waals surface area contributed by atoms with E-state index in [1.54, 1.807) is 0 Å². The number of nitrogens with zero attached hydrogens (tertiary/aromatic N) is 1. The summed E-state index contributed by atoms with van der Waals surface area (Å²) >= 11 is 6.78. The van der Waals surface area contributed by atoms with Gasteiger partial charge in [-0.1, -0.05) is 60.1 Å². The first-order chi connectivity index (χ1) is 24.2. The molecule has 50 heavy (non-hydrogen) atoms. The Morgan fingerprint density at radius 2 is 1.48 bits per heavy atom. The van der Waals surface area contributed by atoms with Gasteiger partial charge in [0.1, 0.15) is 30.5 Å². The minimum Gasteiger partial charge on any atom is -0.493 e. The standard InChI is InChI=1S/C41H51ClN2O6/c1-27-9-5-10-28(2)37(27)26-50-40-20-41(38(42)19-32(40)21-43-33(23-45)24-46)49-25-31-11-6-12-35(29(31)3)36-13-7-14-39(30(36)4)48-18-8-16-44-17-15-34(47)22-44/h5-7,9-14,19-20,33-34,43,45-47H,8,15-18,21-26H2,1-4H3/t34-/m1/s1. The van der Waals surface area contributed by atoms with Crippen LogP contribution in [0.4, 0.5) is 0 Å². The Hall–Kier alpha value is -3.63. The molecule has 0 aromatic heterocycles. The quantitative estimate of drug-likeness (QED) is 0.0905. The van der Waals surface area contributed by atoms with Crippen LogP contribution in [0.15, 0.2) is 66.7 Å². The lowest BCUT2D eigenvalue weighted by Gasteiger charge is -2.20. The van der Waals surface area contributed by atoms with Crippen LogP contribution < -0.4 is 19.5 Å². The molecule has 1 atom stereocenters. The highest BCUT2D eigenvalue weighted by atomic mass is 35.5. The second-order valence-electron chi connectivity index (χ2n) is 13.2. The summed E-state index contributed by atoms with van der Waals surface area (Å²) in [6.07, 6.45) is 1.56. The zero-order valence-corrected chi connectivity index (χ0v) is 30.4. The molecule has 1 saturated heterocycles. The van der Waals surface area contributed by atoms with Crippen molar-refractivity contribution in [1.82, 2.24) is 10.2 Å². The number of nitrogens with one attached hydrogen (secondary N) is 1. The summed E-state index contributed by atoms with van der Waals surface area (Å²) in [6, 6.07) is 21.8. The van der Waals surface area contributed by atoms with E-state index in [1.165, 1.54) is 0 Å². The lowest BCUT2D eigenvalue weighted by Crippen LogP contribution is -2.35. The highest BCUT2D eigenvalue weighted by Crippen LogP contribution is 2.36. The molecule has 1 fully saturated rings. The van der Waals surface area contributed by atoms with E-state index in [4.69, 9.17) is 25.8 Å². The smallest absolute Gasteiger partial charge is 0.142 e. The van der Waals surface area contributed by atoms with Crippen molar-refractivity contribution in [3.8, 4) is 28.4 Å². The van der Waals surface area contributed by atoms with Gasteiger partial charge in [-0.15, -0.1) is 0 Å². The first-order valence-electron chi connectivity index (χ1n) is 17.5. The molecule has 5 rings (SSSR count). The topological polar surface area (TPSA) is 104 Å². The third-order valence-electron chi connectivity index (χ3n) is 9.68. The summed E-state index contributed by atoms with van der Waals surface area (Å²) in [7, 11) is 0. The molecule has 0 saturated carbocycles. The summed E-state index contributed by atoms with van der Waals surface area (Å²) in [6.45, 7) is 12.3. The Balaban J connectivity index is 1.30. The average Bonchev–Trinajstić information content (AvgIpc) is 3.53. The fraction of sp³-hybridized carbons (Fsp3) is 0.415. The molecule has 1 heterocycles. The van der Waals surface area contributed by atoms with E-state index >= 15 is 0 Å². The molecule has 0 unspecified atom stereocenters. The van der Waals surface area contributed by atoms with Gasteiger partial charge in [0.25, 0.3) is 0 Å². The molecule has 9 heteroatoms. The number of likely N-dealkylation sites (tertiary alicyclic amines) is 1. The Morgan fingerprint density at radius 3 is 2.18 bits per heavy atom. The number of hydrogen-bond acceptors (Lipinski definition) is 8. The number of aryl methyl sites for hydroxylation is 2. The van der Waals surface area contributed by atoms with Crippen molar-refractivity contribution >= 4 is 11.6 Å². The van der Waals surface area contributed by atoms with Gasteiger partial charge in [0.15, 0.2) is 0 Å². The molecule has 0 bridgehead atoms. The largest absolute Gasteiger partial charge is 0.493 e. The van der Waals surface area contributed by atoms with Crippen LogP contribution in [0.2, 0.25) is 5.02 Å². The summed E-state index contributed by atoms with van der Waals surface area (Å²) in [5.74, 6) is 2.00. The number of aliphatic hydroxyl groups excluding tert-OH is 3. The number of aliphatic hydroxyl groups is 3. The van der Waals surface area contributed by atoms with Crippen molar-refractivity contribution in [1.29, 1.82) is 0 Å². The van der Waals surface area contributed by atoms with Crippen LogP contribution in [0, 0.1) is 27.7 Å². The SMILES string of the molecule is Cc1cccc(C)c1COc1cc(OCc2cccc(-c3cccc(OCCCN4CC[C@@H](O)C4)c3C)c2C)c(Cl)cc1CNC(CO)CO. The minimum atomic E-state index is -0.460. The van der Waals surface area contributed by atoms with Gasteiger partial charge in [-0.2, -0.15) is 0 Å². The summed E-state index contributed by atoms with van der Waals surface area (Å²) in [4.78, 5) is 2.29. The van der Waals surface area contributed by atoms with E-state index < -0.39 is 6.04 Å². The predicted molar refractivity (Wildman–Crippen MR) is 199 cm³/mol. The summed E-state index contributed by atoms with van der Waals surface area (Å²) in [5.41, 5.74) is 9.69. The number of halogens is 1. The average molecular weight is 703 g/mol. The third kappa shape index (κ3) is 9.57. The summed E-state index contributed by atoms with van der Waals surface area (Å²) in [5, 5.41) is 32.6. The van der Waals surface area contributed by atoms with Crippen LogP contribution in [0.1, 0.15) is 51.8 Å². The summed E-state index contributed by atoms with van der Waals surface area (Å²) < 4.78 is 19.0. The van der Waals surface area contributed by atoms with E-state index in [0.29, 0.717) is 42.9 Å². The second kappa shape index (κ2) is 18.0. The van der Waals surface area contributed by atoms with Crippen molar-refractivity contribution in [3.63, 3.8) is 0 Å². The monoisotopic (exact) mass is 702 g/mol. The molecule has 8 nitrogen and oxygen atoms in total. The molecule has 0 aliphatic carbocycles. The lowest BCUT2D eigenvalue weighted by molar-refractivity contribution is 0.169. The van der Waals surface area contributed by atoms with Crippen molar-refractivity contribution in [2.24, 2.45) is 0 Å². The van der Waals surface area contributed by atoms with Crippen LogP contribution >= 0.6 is 11.6 Å². The van der Waals surface area contributed by atoms with Gasteiger partial charge in [-0.3, -0.25) is 0 Å². The maximum Gasteiger partial charge on any atom is 0.142 e. The second-order valence-corrected chi connectivity index (χ2v) is 13.7. The van der Waals surface area contributed by atoms with Gasteiger partial charge in [-0.05, 0) is 97.2 Å². The number of rotatable bonds is 17. The molecule has 1 aliphatic rings. The number of hydrogen-bond donors (Lipinski definition) is 4. The molecule has 4 aromatic carbocycles. The van der Waals surface area contributed by atoms with Gasteiger partial charge >= 0.3 is 0 Å². The maximum atomic E-state index is 9.79. The molecule has 0 amide bonds. The molecule has 268 valence electrons. The highest BCUT2D eigenvalue weighted by Gasteiger charge is 2.20. The molecule has 1 aliphatic heterocycles. The maximum absolute atomic E-state index is 9.79. The number of β-amino-alcohol motifs (C(OH)–C–C–N with tert-alkyl or cyclic N) is 1. The van der Waals surface area contributed by atoms with Crippen LogP contribution in [-0.2, 0) is 19.8 Å². The van der Waals surface area contributed by atoms with Crippen molar-refractivity contribution < 1.29 is 29.5 Å². The van der Waals surface area contributed by atoms with E-state index in [2.05, 4.69) is 68.2 Å². The molecular weight excluding hydrogens is 652 g/mol.